The van der Waals surface area contributed by atoms with Crippen molar-refractivity contribution in [1.82, 2.24) is 5.32 Å². The van der Waals surface area contributed by atoms with Crippen LogP contribution < -0.4 is 5.32 Å². The molecule has 3 rings (SSSR count). The lowest BCUT2D eigenvalue weighted by atomic mass is 9.87. The van der Waals surface area contributed by atoms with Gasteiger partial charge in [0, 0.05) is 5.92 Å². The number of nitrogens with one attached hydrogen (secondary N) is 1. The summed E-state index contributed by atoms with van der Waals surface area (Å²) in [6.45, 7) is 7.51. The van der Waals surface area contributed by atoms with Crippen molar-refractivity contribution in [3.05, 3.63) is 59.2 Å². The molecule has 0 bridgehead atoms. The number of carboxylic acid groups (broad SMARTS) is 1. The quantitative estimate of drug-likeness (QED) is 0.843. The molecule has 2 atom stereocenters. The van der Waals surface area contributed by atoms with Crippen LogP contribution in [0.4, 0.5) is 4.79 Å². The summed E-state index contributed by atoms with van der Waals surface area (Å²) in [6.07, 6.45) is -0.711. The summed E-state index contributed by atoms with van der Waals surface area (Å²) in [5.41, 5.74) is 5.14. The molecule has 0 fully saturated rings. The van der Waals surface area contributed by atoms with Crippen molar-refractivity contribution in [2.24, 2.45) is 5.41 Å². The van der Waals surface area contributed by atoms with E-state index in [9.17, 15) is 14.7 Å². The first kappa shape index (κ1) is 19.0. The Hall–Kier alpha value is -2.82. The zero-order valence-corrected chi connectivity index (χ0v) is 16.1. The van der Waals surface area contributed by atoms with Crippen LogP contribution in [0.3, 0.4) is 0 Å². The van der Waals surface area contributed by atoms with Gasteiger partial charge in [-0.3, -0.25) is 0 Å². The van der Waals surface area contributed by atoms with Gasteiger partial charge >= 0.3 is 12.1 Å². The van der Waals surface area contributed by atoms with E-state index in [1.807, 2.05) is 18.2 Å². The molecule has 27 heavy (non-hydrogen) atoms. The van der Waals surface area contributed by atoms with E-state index in [2.05, 4.69) is 36.5 Å². The Kier molecular flexibility index (Phi) is 4.96. The molecule has 142 valence electrons. The Morgan fingerprint density at radius 1 is 1.11 bits per heavy atom. The van der Waals surface area contributed by atoms with Crippen molar-refractivity contribution in [3.63, 3.8) is 0 Å². The van der Waals surface area contributed by atoms with Crippen molar-refractivity contribution in [2.75, 3.05) is 6.61 Å². The second-order valence-electron chi connectivity index (χ2n) is 8.06. The number of hydrogen-bond donors (Lipinski definition) is 2. The van der Waals surface area contributed by atoms with E-state index in [-0.39, 0.29) is 12.5 Å². The number of hydrogen-bond acceptors (Lipinski definition) is 3. The Morgan fingerprint density at radius 3 is 2.44 bits per heavy atom. The van der Waals surface area contributed by atoms with Gasteiger partial charge in [-0.15, -0.1) is 0 Å². The molecule has 1 aliphatic carbocycles. The monoisotopic (exact) mass is 367 g/mol. The van der Waals surface area contributed by atoms with Crippen molar-refractivity contribution < 1.29 is 19.4 Å². The van der Waals surface area contributed by atoms with E-state index in [0.717, 1.165) is 27.8 Å². The number of benzene rings is 2. The summed E-state index contributed by atoms with van der Waals surface area (Å²) in [6, 6.07) is 13.3. The summed E-state index contributed by atoms with van der Waals surface area (Å²) >= 11 is 0. The predicted molar refractivity (Wildman–Crippen MR) is 104 cm³/mol. The zero-order chi connectivity index (χ0) is 19.8. The summed E-state index contributed by atoms with van der Waals surface area (Å²) in [5, 5.41) is 11.8. The zero-order valence-electron chi connectivity index (χ0n) is 16.1. The maximum Gasteiger partial charge on any atom is 0.407 e. The molecule has 0 saturated carbocycles. The van der Waals surface area contributed by atoms with Crippen LogP contribution in [0, 0.1) is 12.3 Å². The van der Waals surface area contributed by atoms with Crippen LogP contribution >= 0.6 is 0 Å². The number of aliphatic carboxylic acids is 1. The number of aryl methyl sites for hydroxylation is 1. The fraction of sp³-hybridized carbons (Fsp3) is 0.364. The van der Waals surface area contributed by atoms with E-state index in [0.29, 0.717) is 0 Å². The van der Waals surface area contributed by atoms with Gasteiger partial charge in [-0.05, 0) is 40.2 Å². The van der Waals surface area contributed by atoms with Crippen LogP contribution in [-0.4, -0.2) is 29.8 Å². The lowest BCUT2D eigenvalue weighted by Gasteiger charge is -2.27. The first-order chi connectivity index (χ1) is 12.7. The summed E-state index contributed by atoms with van der Waals surface area (Å²) in [5.74, 6) is -1.13. The summed E-state index contributed by atoms with van der Waals surface area (Å²) in [4.78, 5) is 23.7. The Morgan fingerprint density at radius 2 is 1.78 bits per heavy atom. The number of carbonyl (C=O) groups excluding carboxylic acids is 1. The minimum Gasteiger partial charge on any atom is -0.480 e. The van der Waals surface area contributed by atoms with Crippen LogP contribution in [0.2, 0.25) is 0 Å². The Labute approximate surface area is 159 Å². The van der Waals surface area contributed by atoms with Crippen molar-refractivity contribution in [2.45, 2.75) is 39.7 Å². The molecule has 1 unspecified atom stereocenters. The maximum absolute atomic E-state index is 12.3. The first-order valence-electron chi connectivity index (χ1n) is 9.05. The minimum atomic E-state index is -1.08. The van der Waals surface area contributed by atoms with Crippen molar-refractivity contribution >= 4 is 12.1 Å². The largest absolute Gasteiger partial charge is 0.480 e. The van der Waals surface area contributed by atoms with Crippen LogP contribution in [-0.2, 0) is 9.53 Å². The van der Waals surface area contributed by atoms with Gasteiger partial charge in [-0.2, -0.15) is 0 Å². The van der Waals surface area contributed by atoms with Crippen LogP contribution in [0.25, 0.3) is 11.1 Å². The fourth-order valence-corrected chi connectivity index (χ4v) is 3.72. The normalized spacial score (nSPS) is 16.2. The number of amides is 1. The number of alkyl carbamates (subject to hydrolysis) is 1. The second kappa shape index (κ2) is 7.06. The van der Waals surface area contributed by atoms with Crippen LogP contribution in [0.1, 0.15) is 43.4 Å². The molecule has 1 amide bonds. The molecule has 0 aromatic heterocycles. The molecule has 0 saturated heterocycles. The third-order valence-electron chi connectivity index (χ3n) is 5.06. The molecule has 0 aliphatic heterocycles. The fourth-order valence-electron chi connectivity index (χ4n) is 3.72. The molecule has 1 aliphatic rings. The molecule has 0 spiro atoms. The number of carbonyl (C=O) groups is 2. The molecule has 2 aromatic rings. The molecule has 0 radical (unpaired) electrons. The van der Waals surface area contributed by atoms with E-state index < -0.39 is 23.5 Å². The maximum atomic E-state index is 12.3. The summed E-state index contributed by atoms with van der Waals surface area (Å²) in [7, 11) is 0. The third-order valence-corrected chi connectivity index (χ3v) is 5.06. The highest BCUT2D eigenvalue weighted by atomic mass is 16.5. The number of rotatable bonds is 4. The molecular weight excluding hydrogens is 342 g/mol. The van der Waals surface area contributed by atoms with Gasteiger partial charge in [0.05, 0.1) is 0 Å². The van der Waals surface area contributed by atoms with Gasteiger partial charge in [-0.25, -0.2) is 9.59 Å². The highest BCUT2D eigenvalue weighted by molar-refractivity contribution is 5.82. The predicted octanol–water partition coefficient (Wildman–Crippen LogP) is 4.33. The third kappa shape index (κ3) is 3.68. The molecule has 0 heterocycles. The van der Waals surface area contributed by atoms with Gasteiger partial charge in [-0.1, -0.05) is 63.2 Å². The average molecular weight is 367 g/mol. The Balaban J connectivity index is 1.79. The minimum absolute atomic E-state index is 0.0546. The first-order valence-corrected chi connectivity index (χ1v) is 9.05. The summed E-state index contributed by atoms with van der Waals surface area (Å²) < 4.78 is 5.46. The average Bonchev–Trinajstić information content (AvgIpc) is 2.92. The molecule has 2 N–H and O–H groups in total. The highest BCUT2D eigenvalue weighted by Gasteiger charge is 2.34. The SMILES string of the molecule is Cc1cccc2c1C(COC(=O)N[C@H](C(=O)O)C(C)(C)C)c1ccccc1-2. The van der Waals surface area contributed by atoms with Crippen molar-refractivity contribution in [3.8, 4) is 11.1 Å². The molecule has 5 nitrogen and oxygen atoms in total. The van der Waals surface area contributed by atoms with E-state index in [1.165, 1.54) is 0 Å². The smallest absolute Gasteiger partial charge is 0.407 e. The van der Waals surface area contributed by atoms with E-state index >= 15 is 0 Å². The highest BCUT2D eigenvalue weighted by Crippen LogP contribution is 2.46. The van der Waals surface area contributed by atoms with Gasteiger partial charge < -0.3 is 15.2 Å². The van der Waals surface area contributed by atoms with E-state index in [4.69, 9.17) is 4.74 Å². The lowest BCUT2D eigenvalue weighted by Crippen LogP contribution is -2.49. The van der Waals surface area contributed by atoms with E-state index in [1.54, 1.807) is 20.8 Å². The van der Waals surface area contributed by atoms with Gasteiger partial charge in [0.1, 0.15) is 12.6 Å². The van der Waals surface area contributed by atoms with Crippen molar-refractivity contribution in [1.29, 1.82) is 0 Å². The Bertz CT molecular complexity index is 882. The number of ether oxygens (including phenoxy) is 1. The number of fused-ring (bicyclic) bond motifs is 3. The van der Waals surface area contributed by atoms with Gasteiger partial charge in [0.2, 0.25) is 0 Å². The molecule has 2 aromatic carbocycles. The second-order valence-corrected chi connectivity index (χ2v) is 8.06. The lowest BCUT2D eigenvalue weighted by molar-refractivity contribution is -0.142. The molecular formula is C22H25NO4. The van der Waals surface area contributed by atoms with Crippen LogP contribution in [0.5, 0.6) is 0 Å². The molecule has 5 heteroatoms. The standard InChI is InChI=1S/C22H25NO4/c1-13-8-7-11-16-14-9-5-6-10-15(14)17(18(13)16)12-27-21(26)23-19(20(24)25)22(2,3)4/h5-11,17,19H,12H2,1-4H3,(H,23,26)(H,24,25)/t17?,19-/m1/s1. The van der Waals surface area contributed by atoms with Gasteiger partial charge in [0.15, 0.2) is 0 Å². The number of carboxylic acids is 1. The van der Waals surface area contributed by atoms with Crippen LogP contribution in [0.15, 0.2) is 42.5 Å². The van der Waals surface area contributed by atoms with Gasteiger partial charge in [0.25, 0.3) is 0 Å². The topological polar surface area (TPSA) is 75.6 Å².